The Morgan fingerprint density at radius 2 is 2.11 bits per heavy atom. The molecule has 1 unspecified atom stereocenters. The van der Waals surface area contributed by atoms with Crippen LogP contribution in [0.15, 0.2) is 78.1 Å². The van der Waals surface area contributed by atoms with E-state index in [-0.39, 0.29) is 0 Å². The number of likely N-dealkylation sites (N-methyl/N-ethyl adjacent to an activating group) is 1. The van der Waals surface area contributed by atoms with E-state index in [1.165, 1.54) is 5.70 Å². The Kier molecular flexibility index (Phi) is 13.0. The van der Waals surface area contributed by atoms with E-state index in [1.54, 1.807) is 18.4 Å². The zero-order valence-corrected chi connectivity index (χ0v) is 23.2. The monoisotopic (exact) mass is 516 g/mol. The SMILES string of the molecule is C=CC=N/C(C)=C\CC(=N)c1cc(CN(C)C2CCC(=C)N(CC/C=C\C=C/CC)C2)c(NC=O)cc1N. The molecule has 0 radical (unpaired) electrons. The highest BCUT2D eigenvalue weighted by Gasteiger charge is 2.25. The molecule has 0 aliphatic carbocycles. The van der Waals surface area contributed by atoms with E-state index >= 15 is 0 Å². The highest BCUT2D eigenvalue weighted by Crippen LogP contribution is 2.28. The number of anilines is 2. The molecule has 0 aromatic heterocycles. The number of nitrogens with one attached hydrogen (secondary N) is 2. The molecule has 1 aliphatic heterocycles. The maximum atomic E-state index is 11.3. The number of hydrogen-bond acceptors (Lipinski definition) is 6. The van der Waals surface area contributed by atoms with Crippen LogP contribution in [0.3, 0.4) is 0 Å². The van der Waals surface area contributed by atoms with Crippen LogP contribution in [0.2, 0.25) is 0 Å². The summed E-state index contributed by atoms with van der Waals surface area (Å²) >= 11 is 0. The van der Waals surface area contributed by atoms with Crippen molar-refractivity contribution in [3.05, 3.63) is 84.3 Å². The number of hydrogen-bond donors (Lipinski definition) is 3. The number of carbonyl (C=O) groups is 1. The molecule has 0 spiro atoms. The molecule has 1 aromatic rings. The van der Waals surface area contributed by atoms with Gasteiger partial charge in [0, 0.05) is 72.4 Å². The fourth-order valence-corrected chi connectivity index (χ4v) is 4.43. The summed E-state index contributed by atoms with van der Waals surface area (Å²) in [5.74, 6) is 0. The summed E-state index contributed by atoms with van der Waals surface area (Å²) < 4.78 is 0. The van der Waals surface area contributed by atoms with Crippen molar-refractivity contribution < 1.29 is 4.79 Å². The first-order valence-electron chi connectivity index (χ1n) is 13.3. The van der Waals surface area contributed by atoms with Crippen LogP contribution in [0, 0.1) is 5.41 Å². The molecule has 1 amide bonds. The van der Waals surface area contributed by atoms with Gasteiger partial charge in [0.05, 0.1) is 0 Å². The van der Waals surface area contributed by atoms with Gasteiger partial charge >= 0.3 is 0 Å². The largest absolute Gasteiger partial charge is 0.398 e. The molecule has 1 atom stereocenters. The maximum Gasteiger partial charge on any atom is 0.211 e. The maximum absolute atomic E-state index is 11.3. The summed E-state index contributed by atoms with van der Waals surface area (Å²) in [6.07, 6.45) is 18.8. The minimum absolute atomic E-state index is 0.349. The minimum atomic E-state index is 0.349. The number of nitrogen functional groups attached to an aromatic ring is 1. The molecule has 1 fully saturated rings. The molecule has 7 nitrogen and oxygen atoms in total. The molecule has 0 saturated carbocycles. The van der Waals surface area contributed by atoms with Crippen LogP contribution in [0.5, 0.6) is 0 Å². The summed E-state index contributed by atoms with van der Waals surface area (Å²) in [4.78, 5) is 20.3. The molecule has 7 heteroatoms. The van der Waals surface area contributed by atoms with Gasteiger partial charge in [-0.1, -0.05) is 56.5 Å². The van der Waals surface area contributed by atoms with E-state index in [9.17, 15) is 4.79 Å². The Balaban J connectivity index is 2.14. The fraction of sp³-hybridized carbons (Fsp3) is 0.387. The second-order valence-corrected chi connectivity index (χ2v) is 9.57. The highest BCUT2D eigenvalue weighted by atomic mass is 16.1. The Bertz CT molecular complexity index is 1100. The number of piperidine rings is 1. The van der Waals surface area contributed by atoms with Crippen LogP contribution >= 0.6 is 0 Å². The average molecular weight is 517 g/mol. The zero-order valence-electron chi connectivity index (χ0n) is 23.2. The van der Waals surface area contributed by atoms with Crippen LogP contribution in [0.4, 0.5) is 11.4 Å². The third kappa shape index (κ3) is 9.63. The first-order valence-corrected chi connectivity index (χ1v) is 13.3. The molecular weight excluding hydrogens is 472 g/mol. The van der Waals surface area contributed by atoms with Gasteiger partial charge in [-0.2, -0.15) is 0 Å². The lowest BCUT2D eigenvalue weighted by atomic mass is 9.98. The van der Waals surface area contributed by atoms with Crippen LogP contribution in [0.1, 0.15) is 57.1 Å². The number of likely N-dealkylation sites (tertiary alicyclic amines) is 1. The Morgan fingerprint density at radius 1 is 1.34 bits per heavy atom. The second kappa shape index (κ2) is 16.2. The molecular formula is C31H44N6O. The van der Waals surface area contributed by atoms with Crippen LogP contribution in [0.25, 0.3) is 0 Å². The summed E-state index contributed by atoms with van der Waals surface area (Å²) in [5, 5.41) is 11.4. The second-order valence-electron chi connectivity index (χ2n) is 9.57. The number of allylic oxidation sites excluding steroid dienone is 7. The van der Waals surface area contributed by atoms with Gasteiger partial charge in [0.1, 0.15) is 0 Å². The Morgan fingerprint density at radius 3 is 2.82 bits per heavy atom. The van der Waals surface area contributed by atoms with Crippen LogP contribution < -0.4 is 11.1 Å². The van der Waals surface area contributed by atoms with Crippen molar-refractivity contribution in [3.8, 4) is 0 Å². The van der Waals surface area contributed by atoms with Crippen molar-refractivity contribution in [1.82, 2.24) is 9.80 Å². The van der Waals surface area contributed by atoms with E-state index < -0.39 is 0 Å². The number of nitrogens with zero attached hydrogens (tertiary/aromatic N) is 3. The van der Waals surface area contributed by atoms with E-state index in [2.05, 4.69) is 71.5 Å². The summed E-state index contributed by atoms with van der Waals surface area (Å²) in [5.41, 5.74) is 11.4. The highest BCUT2D eigenvalue weighted by molar-refractivity contribution is 6.04. The predicted molar refractivity (Wildman–Crippen MR) is 163 cm³/mol. The fourth-order valence-electron chi connectivity index (χ4n) is 4.43. The molecule has 204 valence electrons. The number of benzene rings is 1. The standard InChI is InChI=1S/C31H44N6O/c1-6-8-9-10-11-12-18-37-22-27(15-14-25(37)4)36(5)21-26-19-28(30(33)20-31(26)35-23-38)29(32)16-13-24(3)34-17-7-2/h7-11,13,17,19-20,23,27,32H,2,4,6,12,14-16,18,21-22,33H2,1,3,5H3,(H,35,38)/b9-8-,11-10-,24-13-,32-29?,34-17?. The molecule has 2 rings (SSSR count). The molecule has 1 aliphatic rings. The van der Waals surface area contributed by atoms with Gasteiger partial charge in [0.25, 0.3) is 0 Å². The van der Waals surface area contributed by atoms with Gasteiger partial charge in [0.2, 0.25) is 6.41 Å². The van der Waals surface area contributed by atoms with Gasteiger partial charge in [0.15, 0.2) is 0 Å². The molecule has 1 heterocycles. The zero-order chi connectivity index (χ0) is 27.9. The van der Waals surface area contributed by atoms with Crippen molar-refractivity contribution in [2.24, 2.45) is 4.99 Å². The number of nitrogens with two attached hydrogens (primary N) is 1. The molecule has 0 bridgehead atoms. The average Bonchev–Trinajstić information content (AvgIpc) is 2.90. The van der Waals surface area contributed by atoms with Crippen LogP contribution in [-0.4, -0.2) is 54.3 Å². The van der Waals surface area contributed by atoms with Gasteiger partial charge < -0.3 is 21.4 Å². The van der Waals surface area contributed by atoms with Gasteiger partial charge in [-0.15, -0.1) is 0 Å². The van der Waals surface area contributed by atoms with Gasteiger partial charge in [-0.05, 0) is 57.4 Å². The van der Waals surface area contributed by atoms with Gasteiger partial charge in [-0.3, -0.25) is 14.7 Å². The predicted octanol–water partition coefficient (Wildman–Crippen LogP) is 6.08. The lowest BCUT2D eigenvalue weighted by molar-refractivity contribution is -0.105. The van der Waals surface area contributed by atoms with Crippen LogP contribution in [-0.2, 0) is 11.3 Å². The van der Waals surface area contributed by atoms with E-state index in [1.807, 2.05) is 19.1 Å². The van der Waals surface area contributed by atoms with Crippen molar-refractivity contribution in [1.29, 1.82) is 5.41 Å². The number of rotatable bonds is 15. The third-order valence-electron chi connectivity index (χ3n) is 6.67. The quantitative estimate of drug-likeness (QED) is 0.114. The van der Waals surface area contributed by atoms with Crippen molar-refractivity contribution in [2.75, 3.05) is 31.2 Å². The molecule has 1 aromatic carbocycles. The van der Waals surface area contributed by atoms with E-state index in [4.69, 9.17) is 11.1 Å². The first kappa shape index (κ1) is 30.5. The van der Waals surface area contributed by atoms with Gasteiger partial charge in [-0.25, -0.2) is 0 Å². The van der Waals surface area contributed by atoms with Crippen molar-refractivity contribution in [3.63, 3.8) is 0 Å². The normalized spacial score (nSPS) is 16.7. The molecule has 4 N–H and O–H groups in total. The van der Waals surface area contributed by atoms with Crippen molar-refractivity contribution >= 4 is 29.7 Å². The summed E-state index contributed by atoms with van der Waals surface area (Å²) in [7, 11) is 2.11. The molecule has 38 heavy (non-hydrogen) atoms. The number of carbonyl (C=O) groups excluding carboxylic acids is 1. The third-order valence-corrected chi connectivity index (χ3v) is 6.67. The lowest BCUT2D eigenvalue weighted by Crippen LogP contribution is -2.45. The topological polar surface area (TPSA) is 97.8 Å². The minimum Gasteiger partial charge on any atom is -0.398 e. The van der Waals surface area contributed by atoms with Crippen molar-refractivity contribution in [2.45, 2.75) is 58.5 Å². The summed E-state index contributed by atoms with van der Waals surface area (Å²) in [6.45, 7) is 14.4. The van der Waals surface area contributed by atoms with E-state index in [0.717, 1.165) is 50.0 Å². The van der Waals surface area contributed by atoms with E-state index in [0.29, 0.717) is 48.1 Å². The Labute approximate surface area is 228 Å². The number of aliphatic imine (C=N–C) groups is 1. The molecule has 1 saturated heterocycles. The first-order chi connectivity index (χ1) is 18.3. The summed E-state index contributed by atoms with van der Waals surface area (Å²) in [6, 6.07) is 4.04. The smallest absolute Gasteiger partial charge is 0.211 e. The lowest BCUT2D eigenvalue weighted by Gasteiger charge is -2.40. The number of amides is 1. The Hall–Kier alpha value is -3.71.